The zero-order chi connectivity index (χ0) is 30.5. The number of fused-ring (bicyclic) bond motifs is 2. The first kappa shape index (κ1) is 30.5. The molecule has 1 amide bonds. The van der Waals surface area contributed by atoms with Gasteiger partial charge in [0.1, 0.15) is 18.2 Å². The summed E-state index contributed by atoms with van der Waals surface area (Å²) in [5.74, 6) is -0.707. The fourth-order valence-electron chi connectivity index (χ4n) is 5.61. The summed E-state index contributed by atoms with van der Waals surface area (Å²) in [6.07, 6.45) is 5.06. The van der Waals surface area contributed by atoms with Gasteiger partial charge in [-0.1, -0.05) is 29.8 Å². The number of amides is 1. The maximum atomic E-state index is 14.5. The van der Waals surface area contributed by atoms with E-state index in [4.69, 9.17) is 26.3 Å². The van der Waals surface area contributed by atoms with Crippen molar-refractivity contribution in [3.05, 3.63) is 64.6 Å². The van der Waals surface area contributed by atoms with Crippen molar-refractivity contribution in [1.29, 1.82) is 0 Å². The average molecular weight is 611 g/mol. The van der Waals surface area contributed by atoms with Crippen molar-refractivity contribution in [2.24, 2.45) is 0 Å². The van der Waals surface area contributed by atoms with Crippen LogP contribution < -0.4 is 19.9 Å². The third-order valence-electron chi connectivity index (χ3n) is 8.03. The van der Waals surface area contributed by atoms with E-state index in [1.165, 1.54) is 13.2 Å². The zero-order valence-corrected chi connectivity index (χ0v) is 25.4. The van der Waals surface area contributed by atoms with Crippen LogP contribution in [0.3, 0.4) is 0 Å². The number of nitrogens with one attached hydrogen (secondary N) is 1. The molecule has 2 aromatic carbocycles. The lowest BCUT2D eigenvalue weighted by molar-refractivity contribution is -0.135. The van der Waals surface area contributed by atoms with E-state index in [1.54, 1.807) is 6.07 Å². The molecule has 3 heterocycles. The summed E-state index contributed by atoms with van der Waals surface area (Å²) >= 11 is 6.46. The van der Waals surface area contributed by atoms with Crippen LogP contribution in [-0.4, -0.2) is 86.8 Å². The van der Waals surface area contributed by atoms with E-state index in [-0.39, 0.29) is 5.02 Å². The van der Waals surface area contributed by atoms with Gasteiger partial charge >= 0.3 is 12.0 Å². The lowest BCUT2D eigenvalue weighted by Gasteiger charge is -2.33. The molecule has 43 heavy (non-hydrogen) atoms. The van der Waals surface area contributed by atoms with Gasteiger partial charge in [-0.15, -0.1) is 0 Å². The van der Waals surface area contributed by atoms with Gasteiger partial charge in [0.2, 0.25) is 5.91 Å². The maximum absolute atomic E-state index is 14.5. The summed E-state index contributed by atoms with van der Waals surface area (Å²) in [6, 6.07) is 9.56. The number of anilines is 2. The number of nitrogens with zero attached hydrogens (tertiary/aromatic N) is 5. The number of likely N-dealkylation sites (N-methyl/N-ethyl adjacent to an activating group) is 2. The number of hydrogen-bond donors (Lipinski definition) is 1. The number of hydrogen-bond acceptors (Lipinski definition) is 9. The second kappa shape index (κ2) is 13.6. The summed E-state index contributed by atoms with van der Waals surface area (Å²) in [4.78, 5) is 39.4. The molecule has 1 N–H and O–H groups in total. The molecule has 12 heteroatoms. The molecule has 1 aromatic heterocycles. The van der Waals surface area contributed by atoms with Crippen LogP contribution in [0.4, 0.5) is 15.9 Å². The third kappa shape index (κ3) is 7.00. The van der Waals surface area contributed by atoms with Gasteiger partial charge in [0, 0.05) is 61.5 Å². The van der Waals surface area contributed by atoms with Crippen molar-refractivity contribution in [3.8, 4) is 6.01 Å². The Labute approximate surface area is 255 Å². The minimum atomic E-state index is -0.596. The second-order valence-corrected chi connectivity index (χ2v) is 11.2. The predicted octanol–water partition coefficient (Wildman–Crippen LogP) is 3.74. The summed E-state index contributed by atoms with van der Waals surface area (Å²) in [6.45, 7) is 3.45. The topological polar surface area (TPSA) is 100 Å². The number of benzene rings is 2. The fraction of sp³-hybridized carbons (Fsp3) is 0.419. The van der Waals surface area contributed by atoms with Crippen molar-refractivity contribution < 1.29 is 23.5 Å². The molecule has 0 unspecified atom stereocenters. The molecule has 0 radical (unpaired) electrons. The highest BCUT2D eigenvalue weighted by atomic mass is 35.5. The molecule has 0 spiro atoms. The van der Waals surface area contributed by atoms with Gasteiger partial charge in [0.25, 0.3) is 0 Å². The Kier molecular flexibility index (Phi) is 9.62. The monoisotopic (exact) mass is 610 g/mol. The number of methoxy groups -OCH3 is 1. The molecular formula is C31H36ClFN6O4. The molecule has 1 atom stereocenters. The van der Waals surface area contributed by atoms with E-state index in [2.05, 4.69) is 26.9 Å². The molecular weight excluding hydrogens is 575 g/mol. The van der Waals surface area contributed by atoms with Crippen molar-refractivity contribution in [2.45, 2.75) is 31.8 Å². The zero-order valence-electron chi connectivity index (χ0n) is 24.6. The molecule has 3 aromatic rings. The molecule has 2 aliphatic rings. The predicted molar refractivity (Wildman–Crippen MR) is 164 cm³/mol. The number of esters is 1. The Bertz CT molecular complexity index is 1540. The SMILES string of the molecule is COC(=O)/C=C/C(=O)NCCN(C)c1nc(OC[C@@H]2CCCN2C)nc2c1CCN(c1cccc3ccc(F)c(Cl)c13)C2. The molecule has 5 rings (SSSR count). The van der Waals surface area contributed by atoms with Crippen LogP contribution in [-0.2, 0) is 27.3 Å². The number of likely N-dealkylation sites (tertiary alicyclic amines) is 1. The molecule has 0 saturated carbocycles. The Morgan fingerprint density at radius 3 is 2.81 bits per heavy atom. The Balaban J connectivity index is 1.39. The average Bonchev–Trinajstić information content (AvgIpc) is 3.43. The van der Waals surface area contributed by atoms with Crippen LogP contribution in [0, 0.1) is 5.82 Å². The maximum Gasteiger partial charge on any atom is 0.330 e. The van der Waals surface area contributed by atoms with Crippen LogP contribution in [0.25, 0.3) is 10.8 Å². The summed E-state index contributed by atoms with van der Waals surface area (Å²) in [5.41, 5.74) is 2.67. The normalized spacial score (nSPS) is 16.9. The number of aromatic nitrogens is 2. The summed E-state index contributed by atoms with van der Waals surface area (Å²) in [5, 5.41) is 4.42. The van der Waals surface area contributed by atoms with E-state index in [9.17, 15) is 14.0 Å². The molecule has 10 nitrogen and oxygen atoms in total. The number of rotatable bonds is 10. The van der Waals surface area contributed by atoms with E-state index < -0.39 is 17.7 Å². The standard InChI is InChI=1S/C31H36ClFN6O4/c1-37-15-5-7-21(37)19-43-31-35-24-18-39(25-8-4-6-20-9-10-23(33)29(32)28(20)25)16-13-22(24)30(36-31)38(2)17-14-34-26(40)11-12-27(41)42-3/h4,6,8-12,21H,5,7,13-19H2,1-3H3,(H,34,40)/b12-11+/t21-/m0/s1. The quantitative estimate of drug-likeness (QED) is 0.272. The molecule has 1 fully saturated rings. The first-order valence-corrected chi connectivity index (χ1v) is 14.7. The van der Waals surface area contributed by atoms with Crippen molar-refractivity contribution in [3.63, 3.8) is 0 Å². The van der Waals surface area contributed by atoms with Crippen LogP contribution in [0.5, 0.6) is 6.01 Å². The highest BCUT2D eigenvalue weighted by Gasteiger charge is 2.27. The van der Waals surface area contributed by atoms with Gasteiger partial charge < -0.3 is 29.5 Å². The van der Waals surface area contributed by atoms with Crippen LogP contribution in [0.1, 0.15) is 24.1 Å². The van der Waals surface area contributed by atoms with Crippen LogP contribution in [0.2, 0.25) is 5.02 Å². The smallest absolute Gasteiger partial charge is 0.330 e. The molecule has 228 valence electrons. The van der Waals surface area contributed by atoms with Crippen molar-refractivity contribution >= 4 is 45.8 Å². The molecule has 0 bridgehead atoms. The van der Waals surface area contributed by atoms with Crippen molar-refractivity contribution in [2.75, 3.05) is 63.8 Å². The van der Waals surface area contributed by atoms with Gasteiger partial charge in [-0.2, -0.15) is 9.97 Å². The fourth-order valence-corrected chi connectivity index (χ4v) is 5.88. The molecule has 0 aliphatic carbocycles. The second-order valence-electron chi connectivity index (χ2n) is 10.8. The van der Waals surface area contributed by atoms with Crippen LogP contribution >= 0.6 is 11.6 Å². The van der Waals surface area contributed by atoms with Gasteiger partial charge in [0.15, 0.2) is 0 Å². The first-order chi connectivity index (χ1) is 20.7. The lowest BCUT2D eigenvalue weighted by atomic mass is 10.0. The summed E-state index contributed by atoms with van der Waals surface area (Å²) < 4.78 is 25.2. The minimum absolute atomic E-state index is 0.107. The summed E-state index contributed by atoms with van der Waals surface area (Å²) in [7, 11) is 5.26. The highest BCUT2D eigenvalue weighted by molar-refractivity contribution is 6.36. The van der Waals surface area contributed by atoms with E-state index >= 15 is 0 Å². The first-order valence-electron chi connectivity index (χ1n) is 14.3. The Morgan fingerprint density at radius 1 is 1.21 bits per heavy atom. The molecule has 2 aliphatic heterocycles. The van der Waals surface area contributed by atoms with Gasteiger partial charge in [0.05, 0.1) is 24.4 Å². The van der Waals surface area contributed by atoms with Gasteiger partial charge in [-0.25, -0.2) is 9.18 Å². The Morgan fingerprint density at radius 2 is 2.05 bits per heavy atom. The van der Waals surface area contributed by atoms with E-state index in [0.717, 1.165) is 59.7 Å². The minimum Gasteiger partial charge on any atom is -0.466 e. The van der Waals surface area contributed by atoms with E-state index in [0.29, 0.717) is 56.6 Å². The largest absolute Gasteiger partial charge is 0.466 e. The number of carbonyl (C=O) groups excluding carboxylic acids is 2. The van der Waals surface area contributed by atoms with Gasteiger partial charge in [-0.3, -0.25) is 4.79 Å². The van der Waals surface area contributed by atoms with Crippen molar-refractivity contribution in [1.82, 2.24) is 20.2 Å². The highest BCUT2D eigenvalue weighted by Crippen LogP contribution is 2.37. The van der Waals surface area contributed by atoms with Crippen LogP contribution in [0.15, 0.2) is 42.5 Å². The Hall–Kier alpha value is -3.96. The lowest BCUT2D eigenvalue weighted by Crippen LogP contribution is -2.36. The van der Waals surface area contributed by atoms with Gasteiger partial charge in [-0.05, 0) is 50.4 Å². The third-order valence-corrected chi connectivity index (χ3v) is 8.40. The number of ether oxygens (including phenoxy) is 2. The molecule has 1 saturated heterocycles. The van der Waals surface area contributed by atoms with E-state index in [1.807, 2.05) is 30.1 Å². The number of halogens is 2. The number of carbonyl (C=O) groups is 2.